The summed E-state index contributed by atoms with van der Waals surface area (Å²) in [6.45, 7) is 4.40. The number of anilines is 2. The van der Waals surface area contributed by atoms with E-state index in [0.717, 1.165) is 4.90 Å². The maximum Gasteiger partial charge on any atom is 0.255 e. The van der Waals surface area contributed by atoms with Crippen LogP contribution in [-0.4, -0.2) is 30.8 Å². The van der Waals surface area contributed by atoms with Crippen molar-refractivity contribution in [2.45, 2.75) is 18.7 Å². The van der Waals surface area contributed by atoms with E-state index in [0.29, 0.717) is 41.7 Å². The smallest absolute Gasteiger partial charge is 0.255 e. The number of amides is 2. The van der Waals surface area contributed by atoms with Gasteiger partial charge in [0.25, 0.3) is 5.91 Å². The molecule has 0 atom stereocenters. The van der Waals surface area contributed by atoms with Crippen LogP contribution in [0.15, 0.2) is 71.6 Å². The van der Waals surface area contributed by atoms with Gasteiger partial charge in [0.05, 0.1) is 30.3 Å². The van der Waals surface area contributed by atoms with Gasteiger partial charge < -0.3 is 20.1 Å². The maximum absolute atomic E-state index is 13.1. The Kier molecular flexibility index (Phi) is 8.71. The summed E-state index contributed by atoms with van der Waals surface area (Å²) < 4.78 is 24.5. The second-order valence-electron chi connectivity index (χ2n) is 6.82. The van der Waals surface area contributed by atoms with Crippen molar-refractivity contribution in [3.8, 4) is 11.5 Å². The average molecular weight is 469 g/mol. The van der Waals surface area contributed by atoms with Crippen molar-refractivity contribution in [3.63, 3.8) is 0 Å². The van der Waals surface area contributed by atoms with Crippen LogP contribution in [0.1, 0.15) is 24.2 Å². The molecule has 0 saturated heterocycles. The topological polar surface area (TPSA) is 76.7 Å². The fraction of sp³-hybridized carbons (Fsp3) is 0.200. The molecule has 0 radical (unpaired) electrons. The molecule has 0 spiro atoms. The molecule has 2 amide bonds. The van der Waals surface area contributed by atoms with Crippen LogP contribution in [0.4, 0.5) is 15.8 Å². The molecule has 0 fully saturated rings. The summed E-state index contributed by atoms with van der Waals surface area (Å²) in [6, 6.07) is 18.0. The Balaban J connectivity index is 1.78. The molecule has 0 aliphatic heterocycles. The first-order valence-corrected chi connectivity index (χ1v) is 11.5. The fourth-order valence-electron chi connectivity index (χ4n) is 2.96. The predicted octanol–water partition coefficient (Wildman–Crippen LogP) is 5.61. The summed E-state index contributed by atoms with van der Waals surface area (Å²) in [5.74, 6) is 0.0812. The van der Waals surface area contributed by atoms with Crippen LogP contribution in [-0.2, 0) is 4.79 Å². The lowest BCUT2D eigenvalue weighted by atomic mass is 10.2. The monoisotopic (exact) mass is 468 g/mol. The number of carbonyl (C=O) groups excluding carboxylic acids is 2. The zero-order valence-electron chi connectivity index (χ0n) is 18.4. The van der Waals surface area contributed by atoms with Crippen molar-refractivity contribution in [1.82, 2.24) is 0 Å². The lowest BCUT2D eigenvalue weighted by molar-refractivity contribution is -0.113. The van der Waals surface area contributed by atoms with Gasteiger partial charge in [-0.25, -0.2) is 4.39 Å². The molecule has 33 heavy (non-hydrogen) atoms. The van der Waals surface area contributed by atoms with Crippen LogP contribution >= 0.6 is 11.8 Å². The minimum atomic E-state index is -0.326. The Labute approximate surface area is 196 Å². The Morgan fingerprint density at radius 2 is 1.42 bits per heavy atom. The van der Waals surface area contributed by atoms with Gasteiger partial charge in [-0.2, -0.15) is 0 Å². The average Bonchev–Trinajstić information content (AvgIpc) is 2.82. The van der Waals surface area contributed by atoms with Crippen molar-refractivity contribution in [2.24, 2.45) is 0 Å². The van der Waals surface area contributed by atoms with E-state index in [2.05, 4.69) is 10.6 Å². The molecule has 3 aromatic carbocycles. The molecule has 0 aromatic heterocycles. The van der Waals surface area contributed by atoms with Gasteiger partial charge in [-0.05, 0) is 50.2 Å². The van der Waals surface area contributed by atoms with Gasteiger partial charge in [-0.15, -0.1) is 11.8 Å². The van der Waals surface area contributed by atoms with E-state index in [1.54, 1.807) is 48.5 Å². The Morgan fingerprint density at radius 3 is 2.00 bits per heavy atom. The summed E-state index contributed by atoms with van der Waals surface area (Å²) >= 11 is 1.29. The lowest BCUT2D eigenvalue weighted by Gasteiger charge is -2.18. The molecule has 0 saturated carbocycles. The molecule has 2 N–H and O–H groups in total. The summed E-state index contributed by atoms with van der Waals surface area (Å²) in [6.07, 6.45) is 0. The predicted molar refractivity (Wildman–Crippen MR) is 129 cm³/mol. The van der Waals surface area contributed by atoms with E-state index in [4.69, 9.17) is 9.47 Å². The van der Waals surface area contributed by atoms with Gasteiger partial charge in [-0.3, -0.25) is 9.59 Å². The molecular formula is C25H25FN2O4S. The number of nitrogens with one attached hydrogen (secondary N) is 2. The highest BCUT2D eigenvalue weighted by Crippen LogP contribution is 2.37. The SMILES string of the molecule is CCOc1cc(NC(=O)c2ccccc2)c(OCC)cc1NC(=O)CSc1ccc(F)cc1. The van der Waals surface area contributed by atoms with E-state index in [1.807, 2.05) is 19.9 Å². The maximum atomic E-state index is 13.1. The quantitative estimate of drug-likeness (QED) is 0.379. The number of hydrogen-bond acceptors (Lipinski definition) is 5. The number of ether oxygens (including phenoxy) is 2. The second-order valence-corrected chi connectivity index (χ2v) is 7.87. The van der Waals surface area contributed by atoms with E-state index in [1.165, 1.54) is 23.9 Å². The molecule has 6 nitrogen and oxygen atoms in total. The highest BCUT2D eigenvalue weighted by atomic mass is 32.2. The number of halogens is 1. The van der Waals surface area contributed by atoms with Crippen LogP contribution < -0.4 is 20.1 Å². The van der Waals surface area contributed by atoms with Crippen molar-refractivity contribution in [1.29, 1.82) is 0 Å². The number of hydrogen-bond donors (Lipinski definition) is 2. The van der Waals surface area contributed by atoms with Crippen molar-refractivity contribution in [3.05, 3.63) is 78.1 Å². The summed E-state index contributed by atoms with van der Waals surface area (Å²) in [4.78, 5) is 26.0. The van der Waals surface area contributed by atoms with Crippen LogP contribution in [0.5, 0.6) is 11.5 Å². The van der Waals surface area contributed by atoms with Crippen molar-refractivity contribution < 1.29 is 23.5 Å². The zero-order valence-corrected chi connectivity index (χ0v) is 19.2. The molecule has 3 rings (SSSR count). The summed E-state index contributed by atoms with van der Waals surface area (Å²) in [7, 11) is 0. The standard InChI is InChI=1S/C25H25FN2O4S/c1-3-31-22-15-21(28-25(30)17-8-6-5-7-9-17)23(32-4-2)14-20(22)27-24(29)16-33-19-12-10-18(26)11-13-19/h5-15H,3-4,16H2,1-2H3,(H,27,29)(H,28,30). The molecule has 0 aliphatic rings. The summed E-state index contributed by atoms with van der Waals surface area (Å²) in [5, 5.41) is 5.69. The number of thioether (sulfide) groups is 1. The molecule has 0 unspecified atom stereocenters. The highest BCUT2D eigenvalue weighted by Gasteiger charge is 2.17. The van der Waals surface area contributed by atoms with Gasteiger partial charge in [0.1, 0.15) is 17.3 Å². The van der Waals surface area contributed by atoms with E-state index in [9.17, 15) is 14.0 Å². The molecule has 8 heteroatoms. The van der Waals surface area contributed by atoms with Crippen LogP contribution in [0.3, 0.4) is 0 Å². The van der Waals surface area contributed by atoms with Crippen LogP contribution in [0, 0.1) is 5.82 Å². The number of carbonyl (C=O) groups is 2. The third kappa shape index (κ3) is 6.98. The number of benzene rings is 3. The molecule has 0 aliphatic carbocycles. The summed E-state index contributed by atoms with van der Waals surface area (Å²) in [5.41, 5.74) is 1.38. The minimum absolute atomic E-state index is 0.133. The third-order valence-corrected chi connectivity index (χ3v) is 5.44. The van der Waals surface area contributed by atoms with E-state index in [-0.39, 0.29) is 23.4 Å². The minimum Gasteiger partial charge on any atom is -0.492 e. The molecule has 0 heterocycles. The molecule has 172 valence electrons. The van der Waals surface area contributed by atoms with Crippen molar-refractivity contribution in [2.75, 3.05) is 29.6 Å². The Bertz CT molecular complexity index is 1090. The first kappa shape index (κ1) is 24.1. The van der Waals surface area contributed by atoms with Crippen molar-refractivity contribution >= 4 is 35.0 Å². The highest BCUT2D eigenvalue weighted by molar-refractivity contribution is 8.00. The first-order valence-electron chi connectivity index (χ1n) is 10.5. The molecular weight excluding hydrogens is 443 g/mol. The first-order chi connectivity index (χ1) is 16.0. The van der Waals surface area contributed by atoms with E-state index < -0.39 is 0 Å². The zero-order chi connectivity index (χ0) is 23.6. The number of rotatable bonds is 10. The normalized spacial score (nSPS) is 10.4. The third-order valence-electron chi connectivity index (χ3n) is 4.42. The Hall–Kier alpha value is -3.52. The van der Waals surface area contributed by atoms with E-state index >= 15 is 0 Å². The van der Waals surface area contributed by atoms with Gasteiger partial charge in [0.15, 0.2) is 0 Å². The largest absolute Gasteiger partial charge is 0.492 e. The fourth-order valence-corrected chi connectivity index (χ4v) is 3.65. The van der Waals surface area contributed by atoms with Crippen LogP contribution in [0.25, 0.3) is 0 Å². The van der Waals surface area contributed by atoms with Crippen LogP contribution in [0.2, 0.25) is 0 Å². The second kappa shape index (κ2) is 11.9. The van der Waals surface area contributed by atoms with Gasteiger partial charge in [-0.1, -0.05) is 18.2 Å². The van der Waals surface area contributed by atoms with Gasteiger partial charge >= 0.3 is 0 Å². The van der Waals surface area contributed by atoms with Gasteiger partial charge in [0.2, 0.25) is 5.91 Å². The molecule has 3 aromatic rings. The lowest BCUT2D eigenvalue weighted by Crippen LogP contribution is -2.16. The van der Waals surface area contributed by atoms with Gasteiger partial charge in [0, 0.05) is 22.6 Å². The Morgan fingerprint density at radius 1 is 0.848 bits per heavy atom. The molecule has 0 bridgehead atoms.